The molecule has 2 nitrogen and oxygen atoms in total. The molecule has 0 spiro atoms. The number of nitrogens with one attached hydrogen (secondary N) is 1. The molecule has 17 heavy (non-hydrogen) atoms. The molecule has 2 aromatic rings. The number of thioether (sulfide) groups is 1. The Balaban J connectivity index is 2.31. The molecular weight excluding hydrogens is 259 g/mol. The normalized spacial score (nSPS) is 10.3. The van der Waals surface area contributed by atoms with Crippen molar-refractivity contribution in [1.82, 2.24) is 4.98 Å². The third-order valence-electron chi connectivity index (χ3n) is 2.17. The van der Waals surface area contributed by atoms with E-state index in [1.165, 1.54) is 12.3 Å². The van der Waals surface area contributed by atoms with E-state index in [4.69, 9.17) is 11.6 Å². The van der Waals surface area contributed by atoms with E-state index in [1.807, 2.05) is 30.5 Å². The van der Waals surface area contributed by atoms with Crippen molar-refractivity contribution < 1.29 is 4.39 Å². The second-order valence-corrected chi connectivity index (χ2v) is 4.59. The Morgan fingerprint density at radius 2 is 2.12 bits per heavy atom. The Morgan fingerprint density at radius 1 is 1.35 bits per heavy atom. The Bertz CT molecular complexity index is 534. The molecule has 0 saturated heterocycles. The zero-order chi connectivity index (χ0) is 12.3. The number of anilines is 2. The molecule has 88 valence electrons. The largest absolute Gasteiger partial charge is 0.337 e. The van der Waals surface area contributed by atoms with Gasteiger partial charge >= 0.3 is 0 Å². The molecule has 1 N–H and O–H groups in total. The molecule has 1 aromatic heterocycles. The summed E-state index contributed by atoms with van der Waals surface area (Å²) in [6.07, 6.45) is 3.38. The van der Waals surface area contributed by atoms with Crippen LogP contribution >= 0.6 is 23.4 Å². The van der Waals surface area contributed by atoms with Crippen LogP contribution < -0.4 is 5.32 Å². The summed E-state index contributed by atoms with van der Waals surface area (Å²) in [6, 6.07) is 8.89. The zero-order valence-corrected chi connectivity index (χ0v) is 10.6. The number of halogens is 2. The number of rotatable bonds is 3. The first-order valence-corrected chi connectivity index (χ1v) is 6.52. The molecule has 1 aromatic carbocycles. The number of aromatic nitrogens is 1. The quantitative estimate of drug-likeness (QED) is 0.838. The van der Waals surface area contributed by atoms with Crippen LogP contribution in [0.4, 0.5) is 15.9 Å². The molecule has 1 heterocycles. The zero-order valence-electron chi connectivity index (χ0n) is 9.08. The van der Waals surface area contributed by atoms with Crippen LogP contribution in [-0.2, 0) is 0 Å². The molecule has 5 heteroatoms. The van der Waals surface area contributed by atoms with Crippen molar-refractivity contribution in [2.24, 2.45) is 0 Å². The van der Waals surface area contributed by atoms with E-state index in [-0.39, 0.29) is 10.8 Å². The molecule has 2 rings (SSSR count). The fourth-order valence-corrected chi connectivity index (χ4v) is 2.08. The number of para-hydroxylation sites is 1. The van der Waals surface area contributed by atoms with E-state index in [0.717, 1.165) is 10.6 Å². The van der Waals surface area contributed by atoms with E-state index in [1.54, 1.807) is 11.8 Å². The molecule has 0 fully saturated rings. The van der Waals surface area contributed by atoms with Gasteiger partial charge in [0.2, 0.25) is 0 Å². The van der Waals surface area contributed by atoms with Gasteiger partial charge in [0, 0.05) is 11.1 Å². The predicted octanol–water partition coefficient (Wildman–Crippen LogP) is 4.34. The average molecular weight is 269 g/mol. The lowest BCUT2D eigenvalue weighted by Gasteiger charge is -2.10. The molecule has 0 aliphatic heterocycles. The molecule has 0 bridgehead atoms. The average Bonchev–Trinajstić information content (AvgIpc) is 2.33. The van der Waals surface area contributed by atoms with Gasteiger partial charge in [-0.3, -0.25) is 0 Å². The molecule has 0 aliphatic carbocycles. The van der Waals surface area contributed by atoms with Gasteiger partial charge < -0.3 is 5.32 Å². The van der Waals surface area contributed by atoms with Crippen molar-refractivity contribution in [3.63, 3.8) is 0 Å². The van der Waals surface area contributed by atoms with E-state index in [0.29, 0.717) is 0 Å². The molecule has 0 saturated carbocycles. The van der Waals surface area contributed by atoms with Crippen molar-refractivity contribution >= 4 is 34.9 Å². The number of pyridine rings is 1. The Morgan fingerprint density at radius 3 is 2.82 bits per heavy atom. The third-order valence-corrected chi connectivity index (χ3v) is 3.17. The van der Waals surface area contributed by atoms with Crippen molar-refractivity contribution in [3.05, 3.63) is 47.4 Å². The van der Waals surface area contributed by atoms with Gasteiger partial charge in [-0.2, -0.15) is 0 Å². The lowest BCUT2D eigenvalue weighted by molar-refractivity contribution is 0.626. The van der Waals surface area contributed by atoms with E-state index < -0.39 is 5.82 Å². The Kier molecular flexibility index (Phi) is 3.86. The lowest BCUT2D eigenvalue weighted by atomic mass is 10.3. The monoisotopic (exact) mass is 268 g/mol. The van der Waals surface area contributed by atoms with E-state index in [2.05, 4.69) is 10.3 Å². The fourth-order valence-electron chi connectivity index (χ4n) is 1.38. The summed E-state index contributed by atoms with van der Waals surface area (Å²) in [4.78, 5) is 4.95. The van der Waals surface area contributed by atoms with Gasteiger partial charge in [0.15, 0.2) is 11.6 Å². The van der Waals surface area contributed by atoms with Gasteiger partial charge in [0.1, 0.15) is 0 Å². The van der Waals surface area contributed by atoms with Gasteiger partial charge in [-0.25, -0.2) is 9.37 Å². The van der Waals surface area contributed by atoms with Crippen molar-refractivity contribution in [1.29, 1.82) is 0 Å². The fraction of sp³-hybridized carbons (Fsp3) is 0.0833. The lowest BCUT2D eigenvalue weighted by Crippen LogP contribution is -1.97. The number of hydrogen-bond acceptors (Lipinski definition) is 3. The standard InChI is InChI=1S/C12H10ClFN2S/c1-17-11-5-3-2-4-10(11)16-12-9(14)6-8(13)7-15-12/h2-7H,1H3,(H,15,16). The van der Waals surface area contributed by atoms with Crippen LogP contribution in [0.15, 0.2) is 41.4 Å². The molecule has 0 aliphatic rings. The van der Waals surface area contributed by atoms with Crippen LogP contribution in [0.25, 0.3) is 0 Å². The van der Waals surface area contributed by atoms with Crippen molar-refractivity contribution in [2.75, 3.05) is 11.6 Å². The predicted molar refractivity (Wildman–Crippen MR) is 70.7 cm³/mol. The first kappa shape index (κ1) is 12.2. The summed E-state index contributed by atoms with van der Waals surface area (Å²) in [5, 5.41) is 3.24. The Hall–Kier alpha value is -1.26. The highest BCUT2D eigenvalue weighted by atomic mass is 35.5. The minimum absolute atomic E-state index is 0.177. The smallest absolute Gasteiger partial charge is 0.167 e. The van der Waals surface area contributed by atoms with Crippen LogP contribution in [0.5, 0.6) is 0 Å². The van der Waals surface area contributed by atoms with Crippen LogP contribution in [0.1, 0.15) is 0 Å². The minimum Gasteiger partial charge on any atom is -0.337 e. The number of hydrogen-bond donors (Lipinski definition) is 1. The molecule has 0 unspecified atom stereocenters. The first-order chi connectivity index (χ1) is 8.20. The maximum atomic E-state index is 13.6. The summed E-state index contributed by atoms with van der Waals surface area (Å²) < 4.78 is 13.6. The highest BCUT2D eigenvalue weighted by Crippen LogP contribution is 2.28. The summed E-state index contributed by atoms with van der Waals surface area (Å²) in [5.74, 6) is -0.288. The summed E-state index contributed by atoms with van der Waals surface area (Å²) in [6.45, 7) is 0. The maximum absolute atomic E-state index is 13.6. The van der Waals surface area contributed by atoms with Crippen LogP contribution in [0.3, 0.4) is 0 Å². The summed E-state index contributed by atoms with van der Waals surface area (Å²) in [7, 11) is 0. The second-order valence-electron chi connectivity index (χ2n) is 3.31. The topological polar surface area (TPSA) is 24.9 Å². The van der Waals surface area contributed by atoms with Crippen LogP contribution in [0, 0.1) is 5.82 Å². The molecule has 0 amide bonds. The van der Waals surface area contributed by atoms with Crippen LogP contribution in [0.2, 0.25) is 5.02 Å². The van der Waals surface area contributed by atoms with E-state index in [9.17, 15) is 4.39 Å². The van der Waals surface area contributed by atoms with Crippen LogP contribution in [-0.4, -0.2) is 11.2 Å². The highest BCUT2D eigenvalue weighted by Gasteiger charge is 2.07. The molecule has 0 atom stereocenters. The van der Waals surface area contributed by atoms with E-state index >= 15 is 0 Å². The maximum Gasteiger partial charge on any atom is 0.167 e. The second kappa shape index (κ2) is 5.38. The van der Waals surface area contributed by atoms with Gasteiger partial charge in [-0.15, -0.1) is 11.8 Å². The third kappa shape index (κ3) is 2.90. The highest BCUT2D eigenvalue weighted by molar-refractivity contribution is 7.98. The molecular formula is C12H10ClFN2S. The molecule has 0 radical (unpaired) electrons. The first-order valence-electron chi connectivity index (χ1n) is 4.92. The number of nitrogens with zero attached hydrogens (tertiary/aromatic N) is 1. The van der Waals surface area contributed by atoms with Gasteiger partial charge in [-0.1, -0.05) is 23.7 Å². The minimum atomic E-state index is -0.464. The van der Waals surface area contributed by atoms with Gasteiger partial charge in [0.05, 0.1) is 10.7 Å². The Labute approximate surface area is 108 Å². The summed E-state index contributed by atoms with van der Waals surface area (Å²) >= 11 is 7.23. The van der Waals surface area contributed by atoms with Crippen molar-refractivity contribution in [3.8, 4) is 0 Å². The van der Waals surface area contributed by atoms with Crippen molar-refractivity contribution in [2.45, 2.75) is 4.90 Å². The van der Waals surface area contributed by atoms with Gasteiger partial charge in [-0.05, 0) is 24.5 Å². The van der Waals surface area contributed by atoms with Gasteiger partial charge in [0.25, 0.3) is 0 Å². The SMILES string of the molecule is CSc1ccccc1Nc1ncc(Cl)cc1F. The summed E-state index contributed by atoms with van der Waals surface area (Å²) in [5.41, 5.74) is 0.828. The number of benzene rings is 1.